The maximum Gasteiger partial charge on any atom is 0.127 e. The van der Waals surface area contributed by atoms with Crippen molar-refractivity contribution in [2.24, 2.45) is 0 Å². The third-order valence-corrected chi connectivity index (χ3v) is 4.08. The van der Waals surface area contributed by atoms with Crippen LogP contribution in [-0.2, 0) is 0 Å². The second-order valence-corrected chi connectivity index (χ2v) is 4.93. The smallest absolute Gasteiger partial charge is 0.127 e. The lowest BCUT2D eigenvalue weighted by Gasteiger charge is -2.25. The molecule has 15 heavy (non-hydrogen) atoms. The van der Waals surface area contributed by atoms with Gasteiger partial charge in [0.1, 0.15) is 5.82 Å². The molecule has 1 fully saturated rings. The molecule has 1 heterocycles. The molecule has 0 aliphatic carbocycles. The highest BCUT2D eigenvalue weighted by atomic mass is 79.9. The molecule has 82 valence electrons. The lowest BCUT2D eigenvalue weighted by Crippen LogP contribution is -2.29. The number of halogens is 2. The maximum absolute atomic E-state index is 13.8. The Morgan fingerprint density at radius 3 is 2.93 bits per heavy atom. The monoisotopic (exact) mass is 271 g/mol. The van der Waals surface area contributed by atoms with E-state index >= 15 is 0 Å². The number of piperidine rings is 1. The summed E-state index contributed by atoms with van der Waals surface area (Å²) < 4.78 is 14.7. The number of aryl methyl sites for hydroxylation is 1. The molecule has 1 aromatic rings. The molecule has 0 radical (unpaired) electrons. The molecule has 1 saturated heterocycles. The van der Waals surface area contributed by atoms with Crippen molar-refractivity contribution in [1.29, 1.82) is 0 Å². The van der Waals surface area contributed by atoms with Crippen molar-refractivity contribution >= 4 is 15.9 Å². The second-order valence-electron chi connectivity index (χ2n) is 4.14. The van der Waals surface area contributed by atoms with E-state index < -0.39 is 0 Å². The summed E-state index contributed by atoms with van der Waals surface area (Å²) in [6.07, 6.45) is 2.20. The lowest BCUT2D eigenvalue weighted by molar-refractivity contribution is 0.445. The van der Waals surface area contributed by atoms with Crippen LogP contribution in [0.4, 0.5) is 4.39 Å². The number of rotatable bonds is 1. The minimum Gasteiger partial charge on any atom is -0.316 e. The van der Waals surface area contributed by atoms with E-state index in [0.717, 1.165) is 41.5 Å². The fourth-order valence-electron chi connectivity index (χ4n) is 2.15. The fourth-order valence-corrected chi connectivity index (χ4v) is 2.80. The van der Waals surface area contributed by atoms with Crippen molar-refractivity contribution in [3.63, 3.8) is 0 Å². The van der Waals surface area contributed by atoms with Crippen LogP contribution in [0.1, 0.15) is 29.9 Å². The van der Waals surface area contributed by atoms with E-state index in [1.165, 1.54) is 0 Å². The van der Waals surface area contributed by atoms with Crippen molar-refractivity contribution in [2.45, 2.75) is 25.7 Å². The molecular weight excluding hydrogens is 257 g/mol. The first-order valence-corrected chi connectivity index (χ1v) is 6.14. The molecule has 1 unspecified atom stereocenters. The highest BCUT2D eigenvalue weighted by Gasteiger charge is 2.21. The molecule has 2 rings (SSSR count). The Bertz CT molecular complexity index is 359. The largest absolute Gasteiger partial charge is 0.316 e. The van der Waals surface area contributed by atoms with Gasteiger partial charge in [-0.25, -0.2) is 4.39 Å². The van der Waals surface area contributed by atoms with Gasteiger partial charge in [0, 0.05) is 22.5 Å². The molecule has 1 atom stereocenters. The zero-order chi connectivity index (χ0) is 10.8. The lowest BCUT2D eigenvalue weighted by atomic mass is 9.90. The Balaban J connectivity index is 2.36. The molecule has 0 saturated carbocycles. The van der Waals surface area contributed by atoms with Gasteiger partial charge < -0.3 is 5.32 Å². The Labute approximate surface area is 98.2 Å². The van der Waals surface area contributed by atoms with Crippen LogP contribution in [0.5, 0.6) is 0 Å². The third-order valence-electron chi connectivity index (χ3n) is 3.02. The zero-order valence-electron chi connectivity index (χ0n) is 8.82. The van der Waals surface area contributed by atoms with Gasteiger partial charge in [-0.15, -0.1) is 0 Å². The molecule has 1 nitrogen and oxygen atoms in total. The Morgan fingerprint density at radius 2 is 2.27 bits per heavy atom. The van der Waals surface area contributed by atoms with E-state index in [-0.39, 0.29) is 5.82 Å². The minimum absolute atomic E-state index is 0.0822. The summed E-state index contributed by atoms with van der Waals surface area (Å²) in [5.41, 5.74) is 1.96. The predicted octanol–water partition coefficient (Wildman–Crippen LogP) is 3.36. The van der Waals surface area contributed by atoms with E-state index in [9.17, 15) is 4.39 Å². The summed E-state index contributed by atoms with van der Waals surface area (Å²) in [6.45, 7) is 3.95. The minimum atomic E-state index is -0.0822. The zero-order valence-corrected chi connectivity index (χ0v) is 10.4. The van der Waals surface area contributed by atoms with Crippen molar-refractivity contribution in [3.8, 4) is 0 Å². The van der Waals surface area contributed by atoms with Crippen molar-refractivity contribution in [1.82, 2.24) is 5.32 Å². The van der Waals surface area contributed by atoms with Crippen LogP contribution >= 0.6 is 15.9 Å². The molecule has 1 aromatic carbocycles. The summed E-state index contributed by atoms with van der Waals surface area (Å²) in [7, 11) is 0. The predicted molar refractivity (Wildman–Crippen MR) is 63.7 cm³/mol. The fraction of sp³-hybridized carbons (Fsp3) is 0.500. The van der Waals surface area contributed by atoms with Gasteiger partial charge in [0.15, 0.2) is 0 Å². The van der Waals surface area contributed by atoms with Crippen LogP contribution in [0.15, 0.2) is 16.6 Å². The average Bonchev–Trinajstić information content (AvgIpc) is 2.26. The molecule has 3 heteroatoms. The van der Waals surface area contributed by atoms with E-state index in [0.29, 0.717) is 5.92 Å². The summed E-state index contributed by atoms with van der Waals surface area (Å²) in [5.74, 6) is 0.231. The quantitative estimate of drug-likeness (QED) is 0.826. The van der Waals surface area contributed by atoms with Crippen molar-refractivity contribution in [3.05, 3.63) is 33.5 Å². The molecule has 0 spiro atoms. The highest BCUT2D eigenvalue weighted by Crippen LogP contribution is 2.33. The Morgan fingerprint density at radius 1 is 1.47 bits per heavy atom. The maximum atomic E-state index is 13.8. The molecule has 0 amide bonds. The van der Waals surface area contributed by atoms with Crippen LogP contribution in [-0.4, -0.2) is 13.1 Å². The standard InChI is InChI=1S/C12H15BrFN/c1-8-4-5-10(14)11(12(8)13)9-3-2-6-15-7-9/h4-5,9,15H,2-3,6-7H2,1H3. The van der Waals surface area contributed by atoms with Gasteiger partial charge in [0.25, 0.3) is 0 Å². The summed E-state index contributed by atoms with van der Waals surface area (Å²) in [6, 6.07) is 3.39. The van der Waals surface area contributed by atoms with Crippen LogP contribution in [0, 0.1) is 12.7 Å². The first-order valence-electron chi connectivity index (χ1n) is 5.35. The second kappa shape index (κ2) is 4.62. The first kappa shape index (κ1) is 11.1. The molecule has 0 bridgehead atoms. The highest BCUT2D eigenvalue weighted by molar-refractivity contribution is 9.10. The van der Waals surface area contributed by atoms with Gasteiger partial charge in [-0.1, -0.05) is 22.0 Å². The first-order chi connectivity index (χ1) is 7.20. The van der Waals surface area contributed by atoms with Gasteiger partial charge in [0.2, 0.25) is 0 Å². The summed E-state index contributed by atoms with van der Waals surface area (Å²) in [5, 5.41) is 3.32. The van der Waals surface area contributed by atoms with Gasteiger partial charge in [0.05, 0.1) is 0 Å². The number of hydrogen-bond donors (Lipinski definition) is 1. The number of nitrogens with one attached hydrogen (secondary N) is 1. The van der Waals surface area contributed by atoms with Crippen molar-refractivity contribution in [2.75, 3.05) is 13.1 Å². The molecule has 0 aromatic heterocycles. The van der Waals surface area contributed by atoms with Crippen LogP contribution < -0.4 is 5.32 Å². The van der Waals surface area contributed by atoms with E-state index in [1.807, 2.05) is 13.0 Å². The van der Waals surface area contributed by atoms with Crippen LogP contribution in [0.2, 0.25) is 0 Å². The summed E-state index contributed by atoms with van der Waals surface area (Å²) in [4.78, 5) is 0. The van der Waals surface area contributed by atoms with Gasteiger partial charge >= 0.3 is 0 Å². The van der Waals surface area contributed by atoms with Crippen molar-refractivity contribution < 1.29 is 4.39 Å². The molecule has 1 N–H and O–H groups in total. The molecular formula is C12H15BrFN. The average molecular weight is 272 g/mol. The van der Waals surface area contributed by atoms with Gasteiger partial charge in [-0.05, 0) is 37.9 Å². The Hall–Kier alpha value is -0.410. The van der Waals surface area contributed by atoms with Gasteiger partial charge in [-0.3, -0.25) is 0 Å². The topological polar surface area (TPSA) is 12.0 Å². The SMILES string of the molecule is Cc1ccc(F)c(C2CCCNC2)c1Br. The van der Waals surface area contributed by atoms with E-state index in [2.05, 4.69) is 21.2 Å². The van der Waals surface area contributed by atoms with Crippen LogP contribution in [0.25, 0.3) is 0 Å². The van der Waals surface area contributed by atoms with E-state index in [4.69, 9.17) is 0 Å². The molecule has 1 aliphatic heterocycles. The number of benzene rings is 1. The normalized spacial score (nSPS) is 21.7. The third kappa shape index (κ3) is 2.23. The Kier molecular flexibility index (Phi) is 3.42. The molecule has 1 aliphatic rings. The van der Waals surface area contributed by atoms with Gasteiger partial charge in [-0.2, -0.15) is 0 Å². The number of hydrogen-bond acceptors (Lipinski definition) is 1. The van der Waals surface area contributed by atoms with E-state index in [1.54, 1.807) is 6.07 Å². The van der Waals surface area contributed by atoms with Crippen LogP contribution in [0.3, 0.4) is 0 Å². The summed E-state index contributed by atoms with van der Waals surface area (Å²) >= 11 is 3.50.